The molecular formula is C11H20O2. The van der Waals surface area contributed by atoms with Crippen molar-refractivity contribution in [3.63, 3.8) is 0 Å². The third kappa shape index (κ3) is 1.89. The number of rotatable bonds is 1. The van der Waals surface area contributed by atoms with Crippen LogP contribution in [0.25, 0.3) is 0 Å². The molecule has 0 bridgehead atoms. The van der Waals surface area contributed by atoms with Crippen LogP contribution in [0.5, 0.6) is 0 Å². The highest BCUT2D eigenvalue weighted by Gasteiger charge is 2.39. The molecule has 2 nitrogen and oxygen atoms in total. The maximum atomic E-state index is 9.97. The number of aliphatic hydroxyl groups is 2. The first kappa shape index (κ1) is 9.47. The van der Waals surface area contributed by atoms with Gasteiger partial charge in [0.05, 0.1) is 12.2 Å². The van der Waals surface area contributed by atoms with Crippen LogP contribution in [0.15, 0.2) is 0 Å². The Morgan fingerprint density at radius 1 is 1.08 bits per heavy atom. The van der Waals surface area contributed by atoms with Gasteiger partial charge in [0, 0.05) is 0 Å². The summed E-state index contributed by atoms with van der Waals surface area (Å²) in [5, 5.41) is 19.1. The summed E-state index contributed by atoms with van der Waals surface area (Å²) in [5.74, 6) is 1.54. The van der Waals surface area contributed by atoms with Crippen molar-refractivity contribution in [2.24, 2.45) is 11.8 Å². The Kier molecular flexibility index (Phi) is 2.61. The van der Waals surface area contributed by atoms with Gasteiger partial charge >= 0.3 is 0 Å². The molecule has 0 aromatic heterocycles. The first-order chi connectivity index (χ1) is 6.23. The molecule has 0 saturated heterocycles. The van der Waals surface area contributed by atoms with Crippen LogP contribution in [0.3, 0.4) is 0 Å². The van der Waals surface area contributed by atoms with E-state index in [1.807, 2.05) is 0 Å². The minimum absolute atomic E-state index is 0.0454. The summed E-state index contributed by atoms with van der Waals surface area (Å²) in [5.41, 5.74) is -0.738. The Bertz CT molecular complexity index is 181. The van der Waals surface area contributed by atoms with E-state index in [-0.39, 0.29) is 6.61 Å². The number of fused-ring (bicyclic) bond motifs is 1. The summed E-state index contributed by atoms with van der Waals surface area (Å²) >= 11 is 0. The Labute approximate surface area is 80.0 Å². The molecule has 3 atom stereocenters. The van der Waals surface area contributed by atoms with Crippen LogP contribution in [0.2, 0.25) is 0 Å². The van der Waals surface area contributed by atoms with Gasteiger partial charge in [-0.2, -0.15) is 0 Å². The third-order valence-electron chi connectivity index (χ3n) is 3.98. The molecule has 76 valence electrons. The van der Waals surface area contributed by atoms with Crippen LogP contribution in [0.1, 0.15) is 44.9 Å². The van der Waals surface area contributed by atoms with Crippen LogP contribution in [-0.4, -0.2) is 22.4 Å². The Morgan fingerprint density at radius 3 is 2.46 bits per heavy atom. The third-order valence-corrected chi connectivity index (χ3v) is 3.98. The van der Waals surface area contributed by atoms with E-state index in [4.69, 9.17) is 5.11 Å². The van der Waals surface area contributed by atoms with Crippen molar-refractivity contribution in [1.82, 2.24) is 0 Å². The van der Waals surface area contributed by atoms with Crippen LogP contribution >= 0.6 is 0 Å². The molecule has 0 unspecified atom stereocenters. The van der Waals surface area contributed by atoms with Gasteiger partial charge < -0.3 is 10.2 Å². The van der Waals surface area contributed by atoms with Gasteiger partial charge in [-0.1, -0.05) is 25.7 Å². The quantitative estimate of drug-likeness (QED) is 0.651. The molecular weight excluding hydrogens is 164 g/mol. The molecule has 0 radical (unpaired) electrons. The van der Waals surface area contributed by atoms with E-state index >= 15 is 0 Å². The lowest BCUT2D eigenvalue weighted by molar-refractivity contribution is -0.0782. The fourth-order valence-corrected chi connectivity index (χ4v) is 3.12. The largest absolute Gasteiger partial charge is 0.393 e. The first-order valence-corrected chi connectivity index (χ1v) is 5.57. The fraction of sp³-hybridized carbons (Fsp3) is 1.00. The van der Waals surface area contributed by atoms with Crippen LogP contribution in [-0.2, 0) is 0 Å². The van der Waals surface area contributed by atoms with Gasteiger partial charge in [-0.3, -0.25) is 0 Å². The molecule has 0 amide bonds. The van der Waals surface area contributed by atoms with E-state index in [0.717, 1.165) is 25.2 Å². The summed E-state index contributed by atoms with van der Waals surface area (Å²) in [6.07, 6.45) is 8.10. The topological polar surface area (TPSA) is 40.5 Å². The highest BCUT2D eigenvalue weighted by Crippen LogP contribution is 2.43. The second kappa shape index (κ2) is 3.58. The predicted molar refractivity (Wildman–Crippen MR) is 51.3 cm³/mol. The summed E-state index contributed by atoms with van der Waals surface area (Å²) in [7, 11) is 0. The molecule has 0 aromatic rings. The lowest BCUT2D eigenvalue weighted by atomic mass is 9.66. The lowest BCUT2D eigenvalue weighted by Crippen LogP contribution is -2.43. The summed E-state index contributed by atoms with van der Waals surface area (Å²) in [4.78, 5) is 0. The Hall–Kier alpha value is -0.0800. The maximum absolute atomic E-state index is 9.97. The molecule has 0 spiro atoms. The van der Waals surface area contributed by atoms with E-state index in [2.05, 4.69) is 0 Å². The van der Waals surface area contributed by atoms with Crippen LogP contribution < -0.4 is 0 Å². The monoisotopic (exact) mass is 184 g/mol. The van der Waals surface area contributed by atoms with Crippen molar-refractivity contribution in [3.8, 4) is 0 Å². The average Bonchev–Trinajstić information content (AvgIpc) is 2.18. The fourth-order valence-electron chi connectivity index (χ4n) is 3.12. The van der Waals surface area contributed by atoms with Gasteiger partial charge in [0.15, 0.2) is 0 Å². The summed E-state index contributed by atoms with van der Waals surface area (Å²) in [6, 6.07) is 0. The number of hydrogen-bond acceptors (Lipinski definition) is 2. The first-order valence-electron chi connectivity index (χ1n) is 5.57. The van der Waals surface area contributed by atoms with Crippen molar-refractivity contribution in [2.75, 3.05) is 6.61 Å². The van der Waals surface area contributed by atoms with Gasteiger partial charge in [0.2, 0.25) is 0 Å². The highest BCUT2D eigenvalue weighted by molar-refractivity contribution is 4.91. The van der Waals surface area contributed by atoms with Crippen molar-refractivity contribution >= 4 is 0 Å². The number of hydrogen-bond donors (Lipinski definition) is 2. The SMILES string of the molecule is OC[C@]1(O)CC[C@H]2CCCC[C@H]2C1. The molecule has 0 heterocycles. The van der Waals surface area contributed by atoms with Gasteiger partial charge in [0.25, 0.3) is 0 Å². The van der Waals surface area contributed by atoms with Crippen molar-refractivity contribution in [2.45, 2.75) is 50.5 Å². The van der Waals surface area contributed by atoms with Crippen LogP contribution in [0, 0.1) is 11.8 Å². The zero-order valence-electron chi connectivity index (χ0n) is 8.21. The van der Waals surface area contributed by atoms with Gasteiger partial charge in [-0.15, -0.1) is 0 Å². The smallest absolute Gasteiger partial charge is 0.0880 e. The van der Waals surface area contributed by atoms with Gasteiger partial charge in [0.1, 0.15) is 0 Å². The summed E-state index contributed by atoms with van der Waals surface area (Å²) in [6.45, 7) is -0.0454. The Morgan fingerprint density at radius 2 is 1.77 bits per heavy atom. The molecule has 2 heteroatoms. The summed E-state index contributed by atoms with van der Waals surface area (Å²) < 4.78 is 0. The zero-order valence-corrected chi connectivity index (χ0v) is 8.21. The molecule has 2 aliphatic rings. The Balaban J connectivity index is 1.98. The molecule has 0 aromatic carbocycles. The zero-order chi connectivity index (χ0) is 9.31. The van der Waals surface area contributed by atoms with Crippen molar-refractivity contribution in [3.05, 3.63) is 0 Å². The molecule has 13 heavy (non-hydrogen) atoms. The second-order valence-electron chi connectivity index (χ2n) is 4.93. The van der Waals surface area contributed by atoms with Gasteiger partial charge in [-0.25, -0.2) is 0 Å². The molecule has 2 saturated carbocycles. The molecule has 0 aliphatic heterocycles. The van der Waals surface area contributed by atoms with E-state index in [1.54, 1.807) is 0 Å². The van der Waals surface area contributed by atoms with E-state index in [1.165, 1.54) is 25.7 Å². The van der Waals surface area contributed by atoms with E-state index in [0.29, 0.717) is 5.92 Å². The van der Waals surface area contributed by atoms with Crippen LogP contribution in [0.4, 0.5) is 0 Å². The second-order valence-corrected chi connectivity index (χ2v) is 4.93. The maximum Gasteiger partial charge on any atom is 0.0880 e. The highest BCUT2D eigenvalue weighted by atomic mass is 16.3. The number of aliphatic hydroxyl groups excluding tert-OH is 1. The predicted octanol–water partition coefficient (Wildman–Crippen LogP) is 1.70. The molecule has 2 N–H and O–H groups in total. The standard InChI is InChI=1S/C11H20O2/c12-8-11(13)6-5-9-3-1-2-4-10(9)7-11/h9-10,12-13H,1-8H2/t9-,10+,11+/m1/s1. The van der Waals surface area contributed by atoms with E-state index in [9.17, 15) is 5.11 Å². The normalized spacial score (nSPS) is 45.7. The molecule has 2 fully saturated rings. The minimum atomic E-state index is -0.738. The average molecular weight is 184 g/mol. The molecule has 2 aliphatic carbocycles. The van der Waals surface area contributed by atoms with Crippen molar-refractivity contribution < 1.29 is 10.2 Å². The van der Waals surface area contributed by atoms with E-state index < -0.39 is 5.60 Å². The molecule has 2 rings (SSSR count). The lowest BCUT2D eigenvalue weighted by Gasteiger charge is -2.43. The van der Waals surface area contributed by atoms with Crippen molar-refractivity contribution in [1.29, 1.82) is 0 Å². The minimum Gasteiger partial charge on any atom is -0.393 e. The van der Waals surface area contributed by atoms with Gasteiger partial charge in [-0.05, 0) is 31.1 Å².